The number of benzene rings is 1. The van der Waals surface area contributed by atoms with E-state index in [1.165, 1.54) is 9.65 Å². The van der Waals surface area contributed by atoms with E-state index in [-0.39, 0.29) is 0 Å². The van der Waals surface area contributed by atoms with Crippen molar-refractivity contribution in [1.29, 1.82) is 0 Å². The fourth-order valence-corrected chi connectivity index (χ4v) is 1.08. The maximum Gasteiger partial charge on any atom is 0.142 e. The number of carbonyl (C=O) groups excluding carboxylic acids is 1. The van der Waals surface area contributed by atoms with Crippen molar-refractivity contribution in [3.63, 3.8) is 0 Å². The molecule has 0 aliphatic rings. The summed E-state index contributed by atoms with van der Waals surface area (Å²) in [4.78, 5) is 9.96. The third-order valence-electron chi connectivity index (χ3n) is 1.24. The van der Waals surface area contributed by atoms with Crippen LogP contribution in [0.2, 0.25) is 0 Å². The standard InChI is InChI=1S/C9H7IO/c10-9-5-3-8(4-6-9)2-1-7-11/h1-7H/b2-1+. The molecule has 0 N–H and O–H groups in total. The maximum absolute atomic E-state index is 9.96. The van der Waals surface area contributed by atoms with E-state index in [2.05, 4.69) is 22.6 Å². The van der Waals surface area contributed by atoms with Crippen LogP contribution in [0.5, 0.6) is 0 Å². The number of aldehydes is 1. The molecule has 0 saturated carbocycles. The predicted molar refractivity (Wildman–Crippen MR) is 54.3 cm³/mol. The Balaban J connectivity index is 2.81. The lowest BCUT2D eigenvalue weighted by Gasteiger charge is -1.91. The number of hydrogen-bond acceptors (Lipinski definition) is 1. The van der Waals surface area contributed by atoms with Gasteiger partial charge in [0.25, 0.3) is 0 Å². The topological polar surface area (TPSA) is 17.1 Å². The van der Waals surface area contributed by atoms with Crippen LogP contribution in [0.15, 0.2) is 30.3 Å². The summed E-state index contributed by atoms with van der Waals surface area (Å²) >= 11 is 2.24. The molecule has 0 atom stereocenters. The van der Waals surface area contributed by atoms with Crippen molar-refractivity contribution < 1.29 is 4.79 Å². The minimum Gasteiger partial charge on any atom is -0.299 e. The summed E-state index contributed by atoms with van der Waals surface area (Å²) in [5.74, 6) is 0. The Morgan fingerprint density at radius 2 is 1.82 bits per heavy atom. The van der Waals surface area contributed by atoms with Crippen LogP contribution >= 0.6 is 22.6 Å². The highest BCUT2D eigenvalue weighted by atomic mass is 127. The lowest BCUT2D eigenvalue weighted by atomic mass is 10.2. The van der Waals surface area contributed by atoms with Crippen molar-refractivity contribution in [2.24, 2.45) is 0 Å². The molecule has 1 rings (SSSR count). The lowest BCUT2D eigenvalue weighted by molar-refractivity contribution is -0.104. The minimum absolute atomic E-state index is 0.776. The smallest absolute Gasteiger partial charge is 0.142 e. The molecular weight excluding hydrogens is 251 g/mol. The molecule has 2 heteroatoms. The van der Waals surface area contributed by atoms with Gasteiger partial charge in [0.1, 0.15) is 6.29 Å². The average molecular weight is 258 g/mol. The molecule has 0 fully saturated rings. The van der Waals surface area contributed by atoms with Crippen molar-refractivity contribution in [3.8, 4) is 0 Å². The predicted octanol–water partition coefficient (Wildman–Crippen LogP) is 2.50. The Bertz CT molecular complexity index is 261. The fourth-order valence-electron chi connectivity index (χ4n) is 0.724. The van der Waals surface area contributed by atoms with Crippen molar-refractivity contribution in [1.82, 2.24) is 0 Å². The monoisotopic (exact) mass is 258 g/mol. The third-order valence-corrected chi connectivity index (χ3v) is 1.96. The second kappa shape index (κ2) is 4.28. The second-order valence-corrected chi connectivity index (χ2v) is 3.29. The highest BCUT2D eigenvalue weighted by Gasteiger charge is 1.85. The van der Waals surface area contributed by atoms with Gasteiger partial charge >= 0.3 is 0 Å². The van der Waals surface area contributed by atoms with Gasteiger partial charge in [-0.25, -0.2) is 0 Å². The zero-order valence-electron chi connectivity index (χ0n) is 5.83. The van der Waals surface area contributed by atoms with Crippen LogP contribution in [-0.2, 0) is 4.79 Å². The van der Waals surface area contributed by atoms with E-state index in [1.807, 2.05) is 24.3 Å². The molecule has 0 aliphatic heterocycles. The summed E-state index contributed by atoms with van der Waals surface area (Å²) < 4.78 is 1.20. The van der Waals surface area contributed by atoms with E-state index in [0.717, 1.165) is 11.8 Å². The van der Waals surface area contributed by atoms with Crippen LogP contribution < -0.4 is 0 Å². The highest BCUT2D eigenvalue weighted by Crippen LogP contribution is 2.07. The van der Waals surface area contributed by atoms with Crippen LogP contribution in [0.25, 0.3) is 6.08 Å². The molecule has 1 aromatic carbocycles. The summed E-state index contributed by atoms with van der Waals surface area (Å²) in [7, 11) is 0. The molecule has 0 unspecified atom stereocenters. The highest BCUT2D eigenvalue weighted by molar-refractivity contribution is 14.1. The Hall–Kier alpha value is -0.640. The van der Waals surface area contributed by atoms with Crippen molar-refractivity contribution >= 4 is 35.0 Å². The summed E-state index contributed by atoms with van der Waals surface area (Å²) in [5, 5.41) is 0. The number of hydrogen-bond donors (Lipinski definition) is 0. The van der Waals surface area contributed by atoms with E-state index in [0.29, 0.717) is 0 Å². The van der Waals surface area contributed by atoms with Gasteiger partial charge in [-0.3, -0.25) is 4.79 Å². The first-order valence-electron chi connectivity index (χ1n) is 3.20. The first-order valence-corrected chi connectivity index (χ1v) is 4.28. The van der Waals surface area contributed by atoms with E-state index >= 15 is 0 Å². The van der Waals surface area contributed by atoms with E-state index in [9.17, 15) is 4.79 Å². The van der Waals surface area contributed by atoms with E-state index < -0.39 is 0 Å². The largest absolute Gasteiger partial charge is 0.299 e. The summed E-state index contributed by atoms with van der Waals surface area (Å²) in [6, 6.07) is 7.96. The van der Waals surface area contributed by atoms with Crippen LogP contribution in [0.4, 0.5) is 0 Å². The Morgan fingerprint density at radius 3 is 2.36 bits per heavy atom. The summed E-state index contributed by atoms with van der Waals surface area (Å²) in [6.07, 6.45) is 4.04. The Kier molecular flexibility index (Phi) is 3.29. The van der Waals surface area contributed by atoms with Gasteiger partial charge in [-0.1, -0.05) is 18.2 Å². The second-order valence-electron chi connectivity index (χ2n) is 2.05. The molecule has 1 nitrogen and oxygen atoms in total. The summed E-state index contributed by atoms with van der Waals surface area (Å²) in [6.45, 7) is 0. The van der Waals surface area contributed by atoms with Crippen molar-refractivity contribution in [3.05, 3.63) is 39.5 Å². The van der Waals surface area contributed by atoms with Crippen LogP contribution in [0.3, 0.4) is 0 Å². The van der Waals surface area contributed by atoms with Gasteiger partial charge in [-0.05, 0) is 46.4 Å². The van der Waals surface area contributed by atoms with Crippen LogP contribution in [0.1, 0.15) is 5.56 Å². The number of carbonyl (C=O) groups is 1. The minimum atomic E-state index is 0.776. The molecule has 0 radical (unpaired) electrons. The molecule has 56 valence electrons. The van der Waals surface area contributed by atoms with Gasteiger partial charge < -0.3 is 0 Å². The Morgan fingerprint density at radius 1 is 1.18 bits per heavy atom. The fraction of sp³-hybridized carbons (Fsp3) is 0. The number of rotatable bonds is 2. The SMILES string of the molecule is O=C/C=C/c1ccc(I)cc1. The molecule has 1 aromatic rings. The lowest BCUT2D eigenvalue weighted by Crippen LogP contribution is -1.72. The van der Waals surface area contributed by atoms with Crippen LogP contribution in [-0.4, -0.2) is 6.29 Å². The Labute approximate surface area is 79.3 Å². The zero-order valence-corrected chi connectivity index (χ0v) is 7.99. The zero-order chi connectivity index (χ0) is 8.10. The maximum atomic E-state index is 9.96. The molecule has 11 heavy (non-hydrogen) atoms. The average Bonchev–Trinajstić information content (AvgIpc) is 2.04. The van der Waals surface area contributed by atoms with E-state index in [1.54, 1.807) is 6.08 Å². The number of allylic oxidation sites excluding steroid dienone is 1. The van der Waals surface area contributed by atoms with Gasteiger partial charge in [-0.15, -0.1) is 0 Å². The molecule has 0 heterocycles. The van der Waals surface area contributed by atoms with Gasteiger partial charge in [0, 0.05) is 3.57 Å². The van der Waals surface area contributed by atoms with Gasteiger partial charge in [0.05, 0.1) is 0 Å². The van der Waals surface area contributed by atoms with E-state index in [4.69, 9.17) is 0 Å². The molecule has 0 amide bonds. The molecular formula is C9H7IO. The molecule has 0 aliphatic carbocycles. The van der Waals surface area contributed by atoms with Crippen molar-refractivity contribution in [2.75, 3.05) is 0 Å². The quantitative estimate of drug-likeness (QED) is 0.452. The normalized spacial score (nSPS) is 10.3. The molecule has 0 bridgehead atoms. The first kappa shape index (κ1) is 8.46. The van der Waals surface area contributed by atoms with Gasteiger partial charge in [0.15, 0.2) is 0 Å². The molecule has 0 aromatic heterocycles. The molecule has 0 saturated heterocycles. The first-order chi connectivity index (χ1) is 5.33. The van der Waals surface area contributed by atoms with Crippen LogP contribution in [0, 0.1) is 3.57 Å². The number of halogens is 1. The van der Waals surface area contributed by atoms with Gasteiger partial charge in [0.2, 0.25) is 0 Å². The molecule has 0 spiro atoms. The van der Waals surface area contributed by atoms with Gasteiger partial charge in [-0.2, -0.15) is 0 Å². The summed E-state index contributed by atoms with van der Waals surface area (Å²) in [5.41, 5.74) is 1.05. The van der Waals surface area contributed by atoms with Crippen molar-refractivity contribution in [2.45, 2.75) is 0 Å². The third kappa shape index (κ3) is 2.84.